The average Bonchev–Trinajstić information content (AvgIpc) is 2.07. The van der Waals surface area contributed by atoms with Gasteiger partial charge in [-0.25, -0.2) is 0 Å². The van der Waals surface area contributed by atoms with Crippen molar-refractivity contribution in [1.29, 1.82) is 0 Å². The molecule has 3 nitrogen and oxygen atoms in total. The van der Waals surface area contributed by atoms with Crippen LogP contribution in [0.1, 0.15) is 19.3 Å². The fourth-order valence-electron chi connectivity index (χ4n) is 2.12. The Hall–Kier alpha value is -0.120. The summed E-state index contributed by atoms with van der Waals surface area (Å²) in [6, 6.07) is 0. The van der Waals surface area contributed by atoms with E-state index in [2.05, 4.69) is 36.7 Å². The van der Waals surface area contributed by atoms with E-state index in [1.54, 1.807) is 0 Å². The second-order valence-electron chi connectivity index (χ2n) is 4.86. The van der Waals surface area contributed by atoms with Crippen LogP contribution >= 0.6 is 0 Å². The quantitative estimate of drug-likeness (QED) is 0.586. The maximum Gasteiger partial charge on any atom is 0.0101 e. The van der Waals surface area contributed by atoms with Gasteiger partial charge < -0.3 is 15.5 Å². The fourth-order valence-corrected chi connectivity index (χ4v) is 2.12. The monoisotopic (exact) mass is 199 g/mol. The van der Waals surface area contributed by atoms with E-state index in [1.165, 1.54) is 32.4 Å². The van der Waals surface area contributed by atoms with Gasteiger partial charge in [-0.15, -0.1) is 0 Å². The van der Waals surface area contributed by atoms with Gasteiger partial charge in [0.25, 0.3) is 0 Å². The van der Waals surface area contributed by atoms with Crippen molar-refractivity contribution in [2.75, 3.05) is 47.3 Å². The van der Waals surface area contributed by atoms with E-state index in [9.17, 15) is 0 Å². The zero-order chi connectivity index (χ0) is 10.4. The van der Waals surface area contributed by atoms with Gasteiger partial charge in [0.1, 0.15) is 0 Å². The molecule has 0 bridgehead atoms. The van der Waals surface area contributed by atoms with Crippen LogP contribution < -0.4 is 10.6 Å². The normalized spacial score (nSPS) is 19.7. The molecule has 0 amide bonds. The maximum absolute atomic E-state index is 3.56. The molecule has 0 aromatic rings. The van der Waals surface area contributed by atoms with Crippen LogP contribution in [-0.4, -0.2) is 52.2 Å². The Kier molecular flexibility index (Phi) is 4.85. The second kappa shape index (κ2) is 5.69. The highest BCUT2D eigenvalue weighted by molar-refractivity contribution is 4.91. The highest BCUT2D eigenvalue weighted by Crippen LogP contribution is 2.39. The summed E-state index contributed by atoms with van der Waals surface area (Å²) >= 11 is 0. The van der Waals surface area contributed by atoms with Gasteiger partial charge in [0.05, 0.1) is 0 Å². The first-order valence-corrected chi connectivity index (χ1v) is 5.69. The van der Waals surface area contributed by atoms with Crippen molar-refractivity contribution in [3.8, 4) is 0 Å². The summed E-state index contributed by atoms with van der Waals surface area (Å²) in [5, 5.41) is 6.87. The van der Waals surface area contributed by atoms with Gasteiger partial charge in [0.15, 0.2) is 0 Å². The van der Waals surface area contributed by atoms with Crippen LogP contribution in [0.25, 0.3) is 0 Å². The number of hydrogen-bond donors (Lipinski definition) is 2. The van der Waals surface area contributed by atoms with Crippen LogP contribution in [0.4, 0.5) is 0 Å². The third kappa shape index (κ3) is 3.56. The van der Waals surface area contributed by atoms with E-state index in [0.717, 1.165) is 13.1 Å². The van der Waals surface area contributed by atoms with Gasteiger partial charge in [-0.05, 0) is 39.4 Å². The van der Waals surface area contributed by atoms with Crippen molar-refractivity contribution in [2.24, 2.45) is 5.41 Å². The summed E-state index contributed by atoms with van der Waals surface area (Å²) < 4.78 is 0. The standard InChI is InChI=1S/C11H25N3/c1-12-9-11(5-4-6-11)10-13-7-8-14(2)3/h12-13H,4-10H2,1-3H3. The van der Waals surface area contributed by atoms with E-state index in [-0.39, 0.29) is 0 Å². The Labute approximate surface area is 88.2 Å². The Bertz CT molecular complexity index is 153. The lowest BCUT2D eigenvalue weighted by Crippen LogP contribution is -2.47. The molecule has 1 aliphatic rings. The topological polar surface area (TPSA) is 27.3 Å². The molecule has 0 aliphatic heterocycles. The molecule has 1 fully saturated rings. The molecule has 14 heavy (non-hydrogen) atoms. The molecule has 0 spiro atoms. The van der Waals surface area contributed by atoms with Crippen LogP contribution in [0.3, 0.4) is 0 Å². The minimum Gasteiger partial charge on any atom is -0.319 e. The summed E-state index contributed by atoms with van der Waals surface area (Å²) in [5.41, 5.74) is 0.570. The first-order valence-electron chi connectivity index (χ1n) is 5.69. The van der Waals surface area contributed by atoms with Gasteiger partial charge in [-0.3, -0.25) is 0 Å². The molecule has 0 aromatic heterocycles. The molecule has 0 saturated heterocycles. The molecule has 1 saturated carbocycles. The maximum atomic E-state index is 3.56. The summed E-state index contributed by atoms with van der Waals surface area (Å²) in [4.78, 5) is 2.22. The molecule has 0 heterocycles. The van der Waals surface area contributed by atoms with Gasteiger partial charge >= 0.3 is 0 Å². The average molecular weight is 199 g/mol. The molecule has 3 heteroatoms. The first-order chi connectivity index (χ1) is 6.68. The summed E-state index contributed by atoms with van der Waals surface area (Å²) in [5.74, 6) is 0. The molecule has 84 valence electrons. The number of nitrogens with zero attached hydrogens (tertiary/aromatic N) is 1. The second-order valence-corrected chi connectivity index (χ2v) is 4.86. The predicted molar refractivity (Wildman–Crippen MR) is 61.6 cm³/mol. The Balaban J connectivity index is 2.09. The highest BCUT2D eigenvalue weighted by Gasteiger charge is 2.35. The van der Waals surface area contributed by atoms with E-state index >= 15 is 0 Å². The van der Waals surface area contributed by atoms with Crippen LogP contribution in [-0.2, 0) is 0 Å². The predicted octanol–water partition coefficient (Wildman–Crippen LogP) is 0.527. The van der Waals surface area contributed by atoms with E-state index in [4.69, 9.17) is 0 Å². The Morgan fingerprint density at radius 3 is 2.36 bits per heavy atom. The number of likely N-dealkylation sites (N-methyl/N-ethyl adjacent to an activating group) is 1. The smallest absolute Gasteiger partial charge is 0.0101 e. The highest BCUT2D eigenvalue weighted by atomic mass is 15.1. The first kappa shape index (κ1) is 12.0. The summed E-state index contributed by atoms with van der Waals surface area (Å²) in [6.07, 6.45) is 4.20. The lowest BCUT2D eigenvalue weighted by atomic mass is 9.68. The van der Waals surface area contributed by atoms with Crippen molar-refractivity contribution >= 4 is 0 Å². The Morgan fingerprint density at radius 2 is 1.93 bits per heavy atom. The van der Waals surface area contributed by atoms with Crippen molar-refractivity contribution in [3.05, 3.63) is 0 Å². The SMILES string of the molecule is CNCC1(CNCCN(C)C)CCC1. The number of rotatable bonds is 7. The van der Waals surface area contributed by atoms with Gasteiger partial charge in [-0.2, -0.15) is 0 Å². The third-order valence-corrected chi connectivity index (χ3v) is 3.20. The number of hydrogen-bond acceptors (Lipinski definition) is 3. The lowest BCUT2D eigenvalue weighted by molar-refractivity contribution is 0.130. The Morgan fingerprint density at radius 1 is 1.21 bits per heavy atom. The van der Waals surface area contributed by atoms with Crippen molar-refractivity contribution in [1.82, 2.24) is 15.5 Å². The van der Waals surface area contributed by atoms with E-state index < -0.39 is 0 Å². The van der Waals surface area contributed by atoms with Crippen molar-refractivity contribution in [2.45, 2.75) is 19.3 Å². The molecule has 0 aromatic carbocycles. The van der Waals surface area contributed by atoms with Crippen molar-refractivity contribution < 1.29 is 0 Å². The molecular formula is C11H25N3. The largest absolute Gasteiger partial charge is 0.319 e. The molecule has 1 aliphatic carbocycles. The minimum absolute atomic E-state index is 0.570. The summed E-state index contributed by atoms with van der Waals surface area (Å²) in [7, 11) is 6.29. The van der Waals surface area contributed by atoms with Crippen LogP contribution in [0.2, 0.25) is 0 Å². The van der Waals surface area contributed by atoms with Crippen LogP contribution in [0, 0.1) is 5.41 Å². The summed E-state index contributed by atoms with van der Waals surface area (Å²) in [6.45, 7) is 4.59. The molecule has 0 unspecified atom stereocenters. The molecule has 0 atom stereocenters. The van der Waals surface area contributed by atoms with Crippen molar-refractivity contribution in [3.63, 3.8) is 0 Å². The zero-order valence-electron chi connectivity index (χ0n) is 9.90. The minimum atomic E-state index is 0.570. The van der Waals surface area contributed by atoms with E-state index in [0.29, 0.717) is 5.41 Å². The van der Waals surface area contributed by atoms with Gasteiger partial charge in [0, 0.05) is 26.2 Å². The van der Waals surface area contributed by atoms with Crippen LogP contribution in [0.5, 0.6) is 0 Å². The fraction of sp³-hybridized carbons (Fsp3) is 1.00. The third-order valence-electron chi connectivity index (χ3n) is 3.20. The van der Waals surface area contributed by atoms with Crippen LogP contribution in [0.15, 0.2) is 0 Å². The van der Waals surface area contributed by atoms with Gasteiger partial charge in [0.2, 0.25) is 0 Å². The zero-order valence-corrected chi connectivity index (χ0v) is 9.90. The molecule has 0 radical (unpaired) electrons. The van der Waals surface area contributed by atoms with E-state index in [1.807, 2.05) is 0 Å². The number of nitrogens with one attached hydrogen (secondary N) is 2. The lowest BCUT2D eigenvalue weighted by Gasteiger charge is -2.42. The van der Waals surface area contributed by atoms with Gasteiger partial charge in [-0.1, -0.05) is 6.42 Å². The molecule has 2 N–H and O–H groups in total. The molecule has 1 rings (SSSR count). The molecular weight excluding hydrogens is 174 g/mol.